The van der Waals surface area contributed by atoms with Crippen LogP contribution in [0.4, 0.5) is 0 Å². The molecule has 1 aliphatic rings. The van der Waals surface area contributed by atoms with Crippen molar-refractivity contribution in [1.29, 1.82) is 0 Å². The molecule has 0 radical (unpaired) electrons. The Kier molecular flexibility index (Phi) is 3.20. The smallest absolute Gasteiger partial charge is 0.264 e. The van der Waals surface area contributed by atoms with Crippen molar-refractivity contribution in [3.63, 3.8) is 0 Å². The van der Waals surface area contributed by atoms with Crippen LogP contribution >= 0.6 is 11.3 Å². The topological polar surface area (TPSA) is 68.0 Å². The molecule has 1 N–H and O–H groups in total. The van der Waals surface area contributed by atoms with Crippen LogP contribution in [0.2, 0.25) is 0 Å². The molecule has 0 aromatic carbocycles. The predicted octanol–water partition coefficient (Wildman–Crippen LogP) is 1.22. The average molecular weight is 278 g/mol. The van der Waals surface area contributed by atoms with Crippen LogP contribution in [-0.2, 0) is 16.1 Å². The molecule has 0 bridgehead atoms. The number of imidazole rings is 1. The minimum Gasteiger partial charge on any atom is -0.382 e. The van der Waals surface area contributed by atoms with Gasteiger partial charge in [-0.25, -0.2) is 4.98 Å². The number of rotatable bonds is 4. The number of nitrogens with zero attached hydrogens (tertiary/aromatic N) is 3. The van der Waals surface area contributed by atoms with Crippen LogP contribution in [0.5, 0.6) is 0 Å². The number of hydrogen-bond donors (Lipinski definition) is 1. The van der Waals surface area contributed by atoms with Gasteiger partial charge >= 0.3 is 0 Å². The molecule has 0 saturated heterocycles. The molecular formula is C12H14N4O2S. The highest BCUT2D eigenvalue weighted by Crippen LogP contribution is 2.12. The monoisotopic (exact) mass is 278 g/mol. The van der Waals surface area contributed by atoms with Crippen molar-refractivity contribution in [3.05, 3.63) is 23.5 Å². The molecule has 0 aliphatic carbocycles. The maximum atomic E-state index is 11.8. The van der Waals surface area contributed by atoms with Crippen molar-refractivity contribution >= 4 is 27.9 Å². The molecule has 0 fully saturated rings. The Bertz CT molecular complexity index is 602. The molecule has 0 spiro atoms. The third kappa shape index (κ3) is 2.60. The molecule has 6 nitrogen and oxygen atoms in total. The molecule has 0 saturated carbocycles. The number of thiazole rings is 1. The number of carbonyl (C=O) groups is 1. The summed E-state index contributed by atoms with van der Waals surface area (Å²) in [6.45, 7) is 2.41. The van der Waals surface area contributed by atoms with Crippen LogP contribution in [0.1, 0.15) is 19.0 Å². The maximum absolute atomic E-state index is 11.8. The second-order valence-electron chi connectivity index (χ2n) is 4.49. The van der Waals surface area contributed by atoms with Gasteiger partial charge in [-0.05, 0) is 6.92 Å². The number of oxime groups is 1. The van der Waals surface area contributed by atoms with Gasteiger partial charge in [-0.15, -0.1) is 11.3 Å². The second-order valence-corrected chi connectivity index (χ2v) is 5.36. The van der Waals surface area contributed by atoms with Crippen molar-refractivity contribution in [2.75, 3.05) is 6.54 Å². The molecule has 3 rings (SSSR count). The molecule has 1 amide bonds. The van der Waals surface area contributed by atoms with Gasteiger partial charge in [0.05, 0.1) is 11.4 Å². The first-order valence-corrected chi connectivity index (χ1v) is 6.98. The standard InChI is InChI=1S/C12H14N4O2S/c1-8-6-10(18-15-8)11(17)13-3-2-9-7-16-4-5-19-12(16)14-9/h4-5,7,10H,2-3,6H2,1H3,(H,13,17). The molecule has 1 atom stereocenters. The van der Waals surface area contributed by atoms with E-state index in [1.165, 1.54) is 0 Å². The second kappa shape index (κ2) is 5.00. The van der Waals surface area contributed by atoms with Gasteiger partial charge in [0.2, 0.25) is 6.10 Å². The Morgan fingerprint density at radius 3 is 3.32 bits per heavy atom. The normalized spacial score (nSPS) is 18.4. The largest absolute Gasteiger partial charge is 0.382 e. The highest BCUT2D eigenvalue weighted by atomic mass is 32.1. The fraction of sp³-hybridized carbons (Fsp3) is 0.417. The molecule has 7 heteroatoms. The third-order valence-electron chi connectivity index (χ3n) is 2.93. The molecule has 100 valence electrons. The van der Waals surface area contributed by atoms with Crippen molar-refractivity contribution in [2.45, 2.75) is 25.9 Å². The van der Waals surface area contributed by atoms with E-state index in [0.29, 0.717) is 19.4 Å². The van der Waals surface area contributed by atoms with Gasteiger partial charge in [-0.3, -0.25) is 9.20 Å². The first-order chi connectivity index (χ1) is 9.22. The molecule has 2 aromatic heterocycles. The summed E-state index contributed by atoms with van der Waals surface area (Å²) >= 11 is 1.60. The molecular weight excluding hydrogens is 264 g/mol. The zero-order chi connectivity index (χ0) is 13.2. The van der Waals surface area contributed by atoms with E-state index in [1.807, 2.05) is 29.1 Å². The zero-order valence-electron chi connectivity index (χ0n) is 10.5. The number of nitrogens with one attached hydrogen (secondary N) is 1. The van der Waals surface area contributed by atoms with Crippen molar-refractivity contribution < 1.29 is 9.63 Å². The average Bonchev–Trinajstić information content (AvgIpc) is 3.03. The number of fused-ring (bicyclic) bond motifs is 1. The predicted molar refractivity (Wildman–Crippen MR) is 72.4 cm³/mol. The van der Waals surface area contributed by atoms with E-state index in [4.69, 9.17) is 4.84 Å². The van der Waals surface area contributed by atoms with Crippen LogP contribution in [-0.4, -0.2) is 33.7 Å². The first kappa shape index (κ1) is 12.2. The van der Waals surface area contributed by atoms with Crippen LogP contribution < -0.4 is 5.32 Å². The van der Waals surface area contributed by atoms with E-state index in [9.17, 15) is 4.79 Å². The fourth-order valence-corrected chi connectivity index (χ4v) is 2.68. The summed E-state index contributed by atoms with van der Waals surface area (Å²) in [6.07, 6.45) is 4.78. The molecule has 3 heterocycles. The minimum absolute atomic E-state index is 0.110. The minimum atomic E-state index is -0.467. The van der Waals surface area contributed by atoms with Gasteiger partial charge in [-0.2, -0.15) is 0 Å². The van der Waals surface area contributed by atoms with E-state index < -0.39 is 6.10 Å². The lowest BCUT2D eigenvalue weighted by Gasteiger charge is -2.08. The summed E-state index contributed by atoms with van der Waals surface area (Å²) < 4.78 is 1.99. The van der Waals surface area contributed by atoms with Gasteiger partial charge in [-0.1, -0.05) is 5.16 Å². The van der Waals surface area contributed by atoms with Gasteiger partial charge in [0.15, 0.2) is 4.96 Å². The highest BCUT2D eigenvalue weighted by molar-refractivity contribution is 7.15. The summed E-state index contributed by atoms with van der Waals surface area (Å²) in [7, 11) is 0. The summed E-state index contributed by atoms with van der Waals surface area (Å²) in [6, 6.07) is 0. The number of hydrogen-bond acceptors (Lipinski definition) is 5. The molecule has 2 aromatic rings. The lowest BCUT2D eigenvalue weighted by molar-refractivity contribution is -0.131. The van der Waals surface area contributed by atoms with Crippen LogP contribution in [0.25, 0.3) is 4.96 Å². The Balaban J connectivity index is 1.48. The molecule has 1 unspecified atom stereocenters. The quantitative estimate of drug-likeness (QED) is 0.914. The van der Waals surface area contributed by atoms with Gasteiger partial charge in [0, 0.05) is 37.2 Å². The fourth-order valence-electron chi connectivity index (χ4n) is 1.96. The van der Waals surface area contributed by atoms with E-state index in [1.54, 1.807) is 11.3 Å². The van der Waals surface area contributed by atoms with E-state index in [2.05, 4.69) is 15.5 Å². The van der Waals surface area contributed by atoms with Crippen LogP contribution in [0.3, 0.4) is 0 Å². The lowest BCUT2D eigenvalue weighted by Crippen LogP contribution is -2.35. The summed E-state index contributed by atoms with van der Waals surface area (Å²) in [5.41, 5.74) is 1.83. The Labute approximate surface area is 114 Å². The van der Waals surface area contributed by atoms with Gasteiger partial charge in [0.1, 0.15) is 0 Å². The number of aromatic nitrogens is 2. The Morgan fingerprint density at radius 2 is 2.58 bits per heavy atom. The van der Waals surface area contributed by atoms with Crippen molar-refractivity contribution in [2.24, 2.45) is 5.16 Å². The highest BCUT2D eigenvalue weighted by Gasteiger charge is 2.25. The number of amides is 1. The third-order valence-corrected chi connectivity index (χ3v) is 3.70. The van der Waals surface area contributed by atoms with Crippen molar-refractivity contribution in [1.82, 2.24) is 14.7 Å². The van der Waals surface area contributed by atoms with E-state index in [0.717, 1.165) is 16.4 Å². The molecule has 1 aliphatic heterocycles. The lowest BCUT2D eigenvalue weighted by atomic mass is 10.2. The van der Waals surface area contributed by atoms with Crippen molar-refractivity contribution in [3.8, 4) is 0 Å². The molecule has 19 heavy (non-hydrogen) atoms. The Morgan fingerprint density at radius 1 is 1.68 bits per heavy atom. The number of carbonyl (C=O) groups excluding carboxylic acids is 1. The first-order valence-electron chi connectivity index (χ1n) is 6.10. The van der Waals surface area contributed by atoms with Gasteiger partial charge < -0.3 is 10.2 Å². The summed E-state index contributed by atoms with van der Waals surface area (Å²) in [5.74, 6) is -0.110. The zero-order valence-corrected chi connectivity index (χ0v) is 11.3. The summed E-state index contributed by atoms with van der Waals surface area (Å²) in [5, 5.41) is 8.61. The van der Waals surface area contributed by atoms with E-state index in [-0.39, 0.29) is 5.91 Å². The SMILES string of the molecule is CC1=NOC(C(=O)NCCc2cn3ccsc3n2)C1. The van der Waals surface area contributed by atoms with E-state index >= 15 is 0 Å². The van der Waals surface area contributed by atoms with Crippen LogP contribution in [0.15, 0.2) is 22.9 Å². The van der Waals surface area contributed by atoms with Gasteiger partial charge in [0.25, 0.3) is 5.91 Å². The summed E-state index contributed by atoms with van der Waals surface area (Å²) in [4.78, 5) is 22.2. The van der Waals surface area contributed by atoms with Crippen LogP contribution in [0, 0.1) is 0 Å². The maximum Gasteiger partial charge on any atom is 0.264 e. The Hall–Kier alpha value is -1.89.